The monoisotopic (exact) mass is 318 g/mol. The van der Waals surface area contributed by atoms with Crippen molar-refractivity contribution in [1.29, 1.82) is 0 Å². The molecule has 2 N–H and O–H groups in total. The van der Waals surface area contributed by atoms with E-state index in [4.69, 9.17) is 10.5 Å². The molecule has 0 spiro atoms. The Morgan fingerprint density at radius 1 is 1.35 bits per heavy atom. The van der Waals surface area contributed by atoms with Crippen LogP contribution in [0.5, 0.6) is 0 Å². The fraction of sp³-hybridized carbons (Fsp3) is 0.647. The van der Waals surface area contributed by atoms with Crippen molar-refractivity contribution in [3.05, 3.63) is 23.9 Å². The van der Waals surface area contributed by atoms with Crippen molar-refractivity contribution in [1.82, 2.24) is 9.88 Å². The Balaban J connectivity index is 1.82. The van der Waals surface area contributed by atoms with Gasteiger partial charge >= 0.3 is 0 Å². The minimum Gasteiger partial charge on any atom is -0.378 e. The van der Waals surface area contributed by atoms with Crippen molar-refractivity contribution in [3.63, 3.8) is 0 Å². The lowest BCUT2D eigenvalue weighted by atomic mass is 9.79. The van der Waals surface area contributed by atoms with Crippen molar-refractivity contribution in [3.8, 4) is 0 Å². The Kier molecular flexibility index (Phi) is 4.55. The largest absolute Gasteiger partial charge is 0.378 e. The molecule has 0 saturated carbocycles. The van der Waals surface area contributed by atoms with E-state index in [1.165, 1.54) is 0 Å². The highest BCUT2D eigenvalue weighted by Gasteiger charge is 2.36. The number of amides is 1. The second kappa shape index (κ2) is 6.45. The lowest BCUT2D eigenvalue weighted by Crippen LogP contribution is -2.54. The molecule has 23 heavy (non-hydrogen) atoms. The van der Waals surface area contributed by atoms with Gasteiger partial charge in [-0.15, -0.1) is 0 Å². The summed E-state index contributed by atoms with van der Waals surface area (Å²) in [6, 6.07) is 3.85. The summed E-state index contributed by atoms with van der Waals surface area (Å²) in [6.45, 7) is 8.55. The van der Waals surface area contributed by atoms with Gasteiger partial charge in [0.25, 0.3) is 5.91 Å². The quantitative estimate of drug-likeness (QED) is 0.885. The lowest BCUT2D eigenvalue weighted by molar-refractivity contribution is 0.0532. The highest BCUT2D eigenvalue weighted by molar-refractivity contribution is 5.99. The van der Waals surface area contributed by atoms with Crippen LogP contribution in [-0.2, 0) is 4.74 Å². The van der Waals surface area contributed by atoms with E-state index in [1.807, 2.05) is 17.0 Å². The summed E-state index contributed by atoms with van der Waals surface area (Å²) in [5, 5.41) is 0. The molecule has 2 saturated heterocycles. The zero-order valence-corrected chi connectivity index (χ0v) is 14.0. The normalized spacial score (nSPS) is 24.6. The van der Waals surface area contributed by atoms with E-state index in [2.05, 4.69) is 23.7 Å². The van der Waals surface area contributed by atoms with Crippen molar-refractivity contribution in [2.24, 2.45) is 11.1 Å². The fourth-order valence-corrected chi connectivity index (χ4v) is 3.31. The highest BCUT2D eigenvalue weighted by atomic mass is 16.5. The second-order valence-electron chi connectivity index (χ2n) is 7.08. The van der Waals surface area contributed by atoms with E-state index in [-0.39, 0.29) is 17.4 Å². The number of nitrogens with two attached hydrogens (primary N) is 1. The molecule has 1 atom stereocenters. The van der Waals surface area contributed by atoms with Crippen LogP contribution in [0.25, 0.3) is 0 Å². The zero-order chi connectivity index (χ0) is 16.4. The molecular weight excluding hydrogens is 292 g/mol. The van der Waals surface area contributed by atoms with E-state index in [0.717, 1.165) is 25.3 Å². The number of pyridine rings is 1. The summed E-state index contributed by atoms with van der Waals surface area (Å²) >= 11 is 0. The Morgan fingerprint density at radius 3 is 2.78 bits per heavy atom. The third-order valence-corrected chi connectivity index (χ3v) is 4.93. The Bertz CT molecular complexity index is 569. The third kappa shape index (κ3) is 3.33. The van der Waals surface area contributed by atoms with Crippen LogP contribution in [0.2, 0.25) is 0 Å². The average Bonchev–Trinajstić information content (AvgIpc) is 2.57. The summed E-state index contributed by atoms with van der Waals surface area (Å²) in [6.07, 6.45) is 2.59. The summed E-state index contributed by atoms with van der Waals surface area (Å²) in [5.74, 6) is 0.827. The molecule has 1 unspecified atom stereocenters. The van der Waals surface area contributed by atoms with Crippen LogP contribution >= 0.6 is 0 Å². The molecule has 1 aromatic rings. The minimum atomic E-state index is -0.0603. The molecule has 0 aliphatic carbocycles. The lowest BCUT2D eigenvalue weighted by Gasteiger charge is -2.43. The molecule has 1 aromatic heterocycles. The molecule has 3 rings (SSSR count). The maximum Gasteiger partial charge on any atom is 0.257 e. The zero-order valence-electron chi connectivity index (χ0n) is 14.0. The van der Waals surface area contributed by atoms with Gasteiger partial charge in [-0.1, -0.05) is 13.8 Å². The first-order valence-corrected chi connectivity index (χ1v) is 8.31. The van der Waals surface area contributed by atoms with Crippen LogP contribution in [0.3, 0.4) is 0 Å². The molecule has 2 aliphatic rings. The van der Waals surface area contributed by atoms with E-state index in [9.17, 15) is 4.79 Å². The molecule has 6 nitrogen and oxygen atoms in total. The molecule has 0 aromatic carbocycles. The van der Waals surface area contributed by atoms with Gasteiger partial charge in [0.2, 0.25) is 0 Å². The van der Waals surface area contributed by atoms with Crippen LogP contribution in [0.15, 0.2) is 18.3 Å². The number of carbonyl (C=O) groups excluding carboxylic acids is 1. The van der Waals surface area contributed by atoms with E-state index < -0.39 is 0 Å². The number of anilines is 1. The fourth-order valence-electron chi connectivity index (χ4n) is 3.31. The van der Waals surface area contributed by atoms with Gasteiger partial charge in [-0.3, -0.25) is 4.79 Å². The summed E-state index contributed by atoms with van der Waals surface area (Å²) in [4.78, 5) is 21.6. The van der Waals surface area contributed by atoms with Crippen LogP contribution in [0, 0.1) is 5.41 Å². The third-order valence-electron chi connectivity index (χ3n) is 4.93. The SMILES string of the molecule is CC1(C)CN(C(=O)c2cccnc2N2CCOCC2)CCC1N. The number of ether oxygens (including phenoxy) is 1. The summed E-state index contributed by atoms with van der Waals surface area (Å²) in [5.41, 5.74) is 6.81. The van der Waals surface area contributed by atoms with Crippen molar-refractivity contribution in [2.45, 2.75) is 26.3 Å². The highest BCUT2D eigenvalue weighted by Crippen LogP contribution is 2.30. The predicted octanol–water partition coefficient (Wildman–Crippen LogP) is 1.12. The molecule has 3 heterocycles. The molecule has 2 fully saturated rings. The van der Waals surface area contributed by atoms with Gasteiger partial charge in [-0.05, 0) is 24.0 Å². The smallest absolute Gasteiger partial charge is 0.257 e. The van der Waals surface area contributed by atoms with Gasteiger partial charge in [-0.2, -0.15) is 0 Å². The van der Waals surface area contributed by atoms with Gasteiger partial charge < -0.3 is 20.3 Å². The minimum absolute atomic E-state index is 0.0552. The topological polar surface area (TPSA) is 71.7 Å². The van der Waals surface area contributed by atoms with E-state index >= 15 is 0 Å². The van der Waals surface area contributed by atoms with Crippen LogP contribution in [0.4, 0.5) is 5.82 Å². The van der Waals surface area contributed by atoms with E-state index in [1.54, 1.807) is 6.20 Å². The van der Waals surface area contributed by atoms with Gasteiger partial charge in [0.05, 0.1) is 18.8 Å². The molecule has 0 radical (unpaired) electrons. The molecular formula is C17H26N4O2. The van der Waals surface area contributed by atoms with Crippen LogP contribution in [-0.4, -0.2) is 61.2 Å². The van der Waals surface area contributed by atoms with Crippen molar-refractivity contribution in [2.75, 3.05) is 44.3 Å². The summed E-state index contributed by atoms with van der Waals surface area (Å²) < 4.78 is 5.40. The molecule has 1 amide bonds. The second-order valence-corrected chi connectivity index (χ2v) is 7.08. The Morgan fingerprint density at radius 2 is 2.09 bits per heavy atom. The standard InChI is InChI=1S/C17H26N4O2/c1-17(2)12-21(7-5-14(17)18)16(22)13-4-3-6-19-15(13)20-8-10-23-11-9-20/h3-4,6,14H,5,7-12,18H2,1-2H3. The Hall–Kier alpha value is -1.66. The number of piperidine rings is 1. The number of hydrogen-bond donors (Lipinski definition) is 1. The summed E-state index contributed by atoms with van der Waals surface area (Å²) in [7, 11) is 0. The maximum absolute atomic E-state index is 13.0. The molecule has 126 valence electrons. The number of aromatic nitrogens is 1. The van der Waals surface area contributed by atoms with Gasteiger partial charge in [0.1, 0.15) is 5.82 Å². The predicted molar refractivity (Wildman–Crippen MR) is 89.5 cm³/mol. The van der Waals surface area contributed by atoms with Gasteiger partial charge in [0.15, 0.2) is 0 Å². The number of likely N-dealkylation sites (tertiary alicyclic amines) is 1. The number of carbonyl (C=O) groups is 1. The van der Waals surface area contributed by atoms with E-state index in [0.29, 0.717) is 31.9 Å². The first-order chi connectivity index (χ1) is 11.0. The number of morpholine rings is 1. The Labute approximate surface area is 137 Å². The van der Waals surface area contributed by atoms with Crippen LogP contribution < -0.4 is 10.6 Å². The average molecular weight is 318 g/mol. The van der Waals surface area contributed by atoms with Crippen molar-refractivity contribution >= 4 is 11.7 Å². The number of rotatable bonds is 2. The molecule has 0 bridgehead atoms. The number of hydrogen-bond acceptors (Lipinski definition) is 5. The molecule has 6 heteroatoms. The first-order valence-electron chi connectivity index (χ1n) is 8.31. The van der Waals surface area contributed by atoms with Gasteiger partial charge in [0, 0.05) is 38.4 Å². The van der Waals surface area contributed by atoms with Crippen LogP contribution in [0.1, 0.15) is 30.6 Å². The first kappa shape index (κ1) is 16.2. The maximum atomic E-state index is 13.0. The molecule has 2 aliphatic heterocycles. The van der Waals surface area contributed by atoms with Gasteiger partial charge in [-0.25, -0.2) is 4.98 Å². The van der Waals surface area contributed by atoms with Crippen molar-refractivity contribution < 1.29 is 9.53 Å². The number of nitrogens with zero attached hydrogens (tertiary/aromatic N) is 3.